The summed E-state index contributed by atoms with van der Waals surface area (Å²) in [6.07, 6.45) is 0. The Bertz CT molecular complexity index is 570. The summed E-state index contributed by atoms with van der Waals surface area (Å²) in [4.78, 5) is 14.5. The van der Waals surface area contributed by atoms with E-state index in [1.165, 1.54) is 0 Å². The van der Waals surface area contributed by atoms with Crippen molar-refractivity contribution in [2.24, 2.45) is 0 Å². The fourth-order valence-electron chi connectivity index (χ4n) is 1.90. The maximum Gasteiger partial charge on any atom is 0.253 e. The second-order valence-corrected chi connectivity index (χ2v) is 4.25. The minimum absolute atomic E-state index is 0.205. The monoisotopic (exact) mass is 217 g/mol. The fraction of sp³-hybridized carbons (Fsp3) is 0.308. The number of H-pyrrole nitrogens is 1. The van der Waals surface area contributed by atoms with Crippen LogP contribution in [0.4, 0.5) is 0 Å². The Kier molecular flexibility index (Phi) is 2.79. The first-order valence-corrected chi connectivity index (χ1v) is 5.39. The summed E-state index contributed by atoms with van der Waals surface area (Å²) in [5, 5.41) is 10.0. The normalized spacial score (nSPS) is 11.2. The van der Waals surface area contributed by atoms with Crippen molar-refractivity contribution in [2.45, 2.75) is 26.4 Å². The maximum absolute atomic E-state index is 11.6. The van der Waals surface area contributed by atoms with Gasteiger partial charge in [-0.3, -0.25) is 4.79 Å². The Morgan fingerprint density at radius 1 is 1.38 bits per heavy atom. The molecule has 0 atom stereocenters. The lowest BCUT2D eigenvalue weighted by atomic mass is 9.99. The van der Waals surface area contributed by atoms with Crippen LogP contribution in [0.3, 0.4) is 0 Å². The molecule has 84 valence electrons. The van der Waals surface area contributed by atoms with Gasteiger partial charge in [0, 0.05) is 5.56 Å². The van der Waals surface area contributed by atoms with E-state index in [4.69, 9.17) is 5.11 Å². The lowest BCUT2D eigenvalue weighted by molar-refractivity contribution is 0.280. The number of para-hydroxylation sites is 1. The molecule has 0 aliphatic rings. The highest BCUT2D eigenvalue weighted by molar-refractivity contribution is 5.82. The molecule has 0 fully saturated rings. The number of aromatic nitrogens is 1. The van der Waals surface area contributed by atoms with Crippen molar-refractivity contribution in [1.29, 1.82) is 0 Å². The van der Waals surface area contributed by atoms with Crippen LogP contribution in [0, 0.1) is 0 Å². The molecule has 0 aliphatic carbocycles. The molecule has 0 unspecified atom stereocenters. The first-order valence-electron chi connectivity index (χ1n) is 5.39. The average molecular weight is 217 g/mol. The standard InChI is InChI=1S/C13H15NO2/c1-8(2)11-5-3-4-9-6-10(7-15)13(16)14-12(9)11/h3-6,8,15H,7H2,1-2H3,(H,14,16). The summed E-state index contributed by atoms with van der Waals surface area (Å²) in [5.74, 6) is 0.360. The Morgan fingerprint density at radius 3 is 2.75 bits per heavy atom. The minimum atomic E-state index is -0.225. The second-order valence-electron chi connectivity index (χ2n) is 4.25. The smallest absolute Gasteiger partial charge is 0.253 e. The van der Waals surface area contributed by atoms with Crippen molar-refractivity contribution < 1.29 is 5.11 Å². The number of hydrogen-bond acceptors (Lipinski definition) is 2. The summed E-state index contributed by atoms with van der Waals surface area (Å²) in [6, 6.07) is 7.68. The van der Waals surface area contributed by atoms with Crippen molar-refractivity contribution >= 4 is 10.9 Å². The summed E-state index contributed by atoms with van der Waals surface area (Å²) >= 11 is 0. The first kappa shape index (κ1) is 10.9. The zero-order valence-corrected chi connectivity index (χ0v) is 9.45. The molecule has 2 N–H and O–H groups in total. The third-order valence-electron chi connectivity index (χ3n) is 2.78. The molecule has 3 heteroatoms. The van der Waals surface area contributed by atoms with Crippen LogP contribution in [0.15, 0.2) is 29.1 Å². The molecule has 1 aromatic heterocycles. The highest BCUT2D eigenvalue weighted by atomic mass is 16.3. The fourth-order valence-corrected chi connectivity index (χ4v) is 1.90. The molecule has 1 aromatic carbocycles. The van der Waals surface area contributed by atoms with Gasteiger partial charge in [-0.05, 0) is 22.9 Å². The third-order valence-corrected chi connectivity index (χ3v) is 2.78. The van der Waals surface area contributed by atoms with E-state index < -0.39 is 0 Å². The van der Waals surface area contributed by atoms with E-state index in [2.05, 4.69) is 18.8 Å². The lowest BCUT2D eigenvalue weighted by Gasteiger charge is -2.10. The van der Waals surface area contributed by atoms with Crippen LogP contribution in [-0.4, -0.2) is 10.1 Å². The summed E-state index contributed by atoms with van der Waals surface area (Å²) in [5.41, 5.74) is 2.20. The molecule has 0 bridgehead atoms. The topological polar surface area (TPSA) is 53.1 Å². The van der Waals surface area contributed by atoms with Gasteiger partial charge in [-0.2, -0.15) is 0 Å². The lowest BCUT2D eigenvalue weighted by Crippen LogP contribution is -2.13. The van der Waals surface area contributed by atoms with Gasteiger partial charge in [0.1, 0.15) is 0 Å². The Labute approximate surface area is 93.7 Å². The maximum atomic E-state index is 11.6. The molecule has 16 heavy (non-hydrogen) atoms. The van der Waals surface area contributed by atoms with Crippen LogP contribution in [0.1, 0.15) is 30.9 Å². The van der Waals surface area contributed by atoms with Gasteiger partial charge in [-0.25, -0.2) is 0 Å². The van der Waals surface area contributed by atoms with Crippen molar-refractivity contribution in [3.05, 3.63) is 45.7 Å². The average Bonchev–Trinajstić information content (AvgIpc) is 2.27. The Morgan fingerprint density at radius 2 is 2.12 bits per heavy atom. The molecule has 0 saturated heterocycles. The second kappa shape index (κ2) is 4.10. The molecule has 0 saturated carbocycles. The summed E-state index contributed by atoms with van der Waals surface area (Å²) < 4.78 is 0. The molecule has 0 radical (unpaired) electrons. The number of aliphatic hydroxyl groups is 1. The molecule has 2 rings (SSSR count). The van der Waals surface area contributed by atoms with Gasteiger partial charge in [0.05, 0.1) is 12.1 Å². The number of pyridine rings is 1. The van der Waals surface area contributed by atoms with Crippen molar-refractivity contribution in [2.75, 3.05) is 0 Å². The number of nitrogens with one attached hydrogen (secondary N) is 1. The van der Waals surface area contributed by atoms with Gasteiger partial charge in [0.2, 0.25) is 0 Å². The highest BCUT2D eigenvalue weighted by Crippen LogP contribution is 2.22. The van der Waals surface area contributed by atoms with E-state index in [1.54, 1.807) is 6.07 Å². The van der Waals surface area contributed by atoms with E-state index >= 15 is 0 Å². The quantitative estimate of drug-likeness (QED) is 0.809. The van der Waals surface area contributed by atoms with E-state index in [0.29, 0.717) is 11.5 Å². The number of aliphatic hydroxyl groups excluding tert-OH is 1. The number of benzene rings is 1. The molecular formula is C13H15NO2. The van der Waals surface area contributed by atoms with Crippen LogP contribution < -0.4 is 5.56 Å². The molecule has 0 spiro atoms. The third kappa shape index (κ3) is 1.74. The Balaban J connectivity index is 2.80. The van der Waals surface area contributed by atoms with Crippen LogP contribution in [0.25, 0.3) is 10.9 Å². The van der Waals surface area contributed by atoms with E-state index in [-0.39, 0.29) is 12.2 Å². The number of fused-ring (bicyclic) bond motifs is 1. The number of rotatable bonds is 2. The molecule has 2 aromatic rings. The first-order chi connectivity index (χ1) is 7.63. The molecule has 3 nitrogen and oxygen atoms in total. The number of hydrogen-bond donors (Lipinski definition) is 2. The summed E-state index contributed by atoms with van der Waals surface area (Å²) in [6.45, 7) is 3.96. The Hall–Kier alpha value is -1.61. The number of aromatic amines is 1. The van der Waals surface area contributed by atoms with E-state index in [9.17, 15) is 4.79 Å². The SMILES string of the molecule is CC(C)c1cccc2cc(CO)c(=O)[nH]c12. The van der Waals surface area contributed by atoms with Gasteiger partial charge in [-0.1, -0.05) is 32.0 Å². The van der Waals surface area contributed by atoms with Gasteiger partial charge in [-0.15, -0.1) is 0 Å². The van der Waals surface area contributed by atoms with E-state index in [0.717, 1.165) is 16.5 Å². The summed E-state index contributed by atoms with van der Waals surface area (Å²) in [7, 11) is 0. The van der Waals surface area contributed by atoms with Crippen LogP contribution in [0.2, 0.25) is 0 Å². The van der Waals surface area contributed by atoms with Crippen LogP contribution in [-0.2, 0) is 6.61 Å². The van der Waals surface area contributed by atoms with Gasteiger partial charge >= 0.3 is 0 Å². The zero-order chi connectivity index (χ0) is 11.7. The highest BCUT2D eigenvalue weighted by Gasteiger charge is 2.07. The van der Waals surface area contributed by atoms with Gasteiger partial charge in [0.15, 0.2) is 0 Å². The van der Waals surface area contributed by atoms with Crippen LogP contribution in [0.5, 0.6) is 0 Å². The largest absolute Gasteiger partial charge is 0.391 e. The zero-order valence-electron chi connectivity index (χ0n) is 9.45. The predicted octanol–water partition coefficient (Wildman–Crippen LogP) is 2.14. The van der Waals surface area contributed by atoms with E-state index in [1.807, 2.05) is 18.2 Å². The van der Waals surface area contributed by atoms with Crippen LogP contribution >= 0.6 is 0 Å². The van der Waals surface area contributed by atoms with Gasteiger partial charge < -0.3 is 10.1 Å². The molecular weight excluding hydrogens is 202 g/mol. The van der Waals surface area contributed by atoms with Crippen molar-refractivity contribution in [3.63, 3.8) is 0 Å². The van der Waals surface area contributed by atoms with Gasteiger partial charge in [0.25, 0.3) is 5.56 Å². The molecule has 0 aliphatic heterocycles. The molecule has 1 heterocycles. The minimum Gasteiger partial charge on any atom is -0.391 e. The van der Waals surface area contributed by atoms with Crippen molar-refractivity contribution in [1.82, 2.24) is 4.98 Å². The molecule has 0 amide bonds. The predicted molar refractivity (Wildman–Crippen MR) is 64.6 cm³/mol. The van der Waals surface area contributed by atoms with Crippen molar-refractivity contribution in [3.8, 4) is 0 Å².